The summed E-state index contributed by atoms with van der Waals surface area (Å²) in [5.74, 6) is -0.363. The fourth-order valence-corrected chi connectivity index (χ4v) is 5.52. The normalized spacial score (nSPS) is 15.9. The fraction of sp³-hybridized carbons (Fsp3) is 0.344. The Bertz CT molecular complexity index is 1770. The summed E-state index contributed by atoms with van der Waals surface area (Å²) >= 11 is 6.25. The summed E-state index contributed by atoms with van der Waals surface area (Å²) in [5, 5.41) is 21.8. The molecule has 5 rings (SSSR count). The van der Waals surface area contributed by atoms with E-state index >= 15 is 0 Å². The number of amides is 2. The first kappa shape index (κ1) is 32.4. The highest BCUT2D eigenvalue weighted by atomic mass is 35.5. The molecule has 0 radical (unpaired) electrons. The molecule has 2 atom stereocenters. The summed E-state index contributed by atoms with van der Waals surface area (Å²) in [7, 11) is 0. The van der Waals surface area contributed by atoms with Crippen LogP contribution in [0.3, 0.4) is 0 Å². The number of nitrogens with one attached hydrogen (secondary N) is 2. The van der Waals surface area contributed by atoms with E-state index in [4.69, 9.17) is 22.1 Å². The molecule has 46 heavy (non-hydrogen) atoms. The van der Waals surface area contributed by atoms with Gasteiger partial charge in [-0.15, -0.1) is 5.10 Å². The summed E-state index contributed by atoms with van der Waals surface area (Å²) in [6.45, 7) is 6.55. The van der Waals surface area contributed by atoms with Crippen LogP contribution in [0.5, 0.6) is 0 Å². The van der Waals surface area contributed by atoms with Crippen LogP contribution in [0, 0.1) is 5.92 Å². The minimum absolute atomic E-state index is 0.0311. The first-order chi connectivity index (χ1) is 21.9. The summed E-state index contributed by atoms with van der Waals surface area (Å²) < 4.78 is 7.08. The highest BCUT2D eigenvalue weighted by Crippen LogP contribution is 2.29. The largest absolute Gasteiger partial charge is 0.444 e. The number of carbonyl (C=O) groups excluding carboxylic acids is 2. The van der Waals surface area contributed by atoms with Gasteiger partial charge in [-0.2, -0.15) is 9.78 Å². The standard InChI is InChI=1S/C32H36ClN9O4/c1-32(2,3)46-31(45)41-14-4-5-20(18-41)15-26(27-17-25(30(44)38-37-27)21-6-10-24(34)11-7-21)36-29(43)13-8-22-16-23(33)9-12-28(22)42-19-35-39-40-42/h6-13,16-17,19-20,26H,4-5,14-15,18,34H2,1-3H3,(H,36,43)(H,38,44). The van der Waals surface area contributed by atoms with E-state index in [9.17, 15) is 14.4 Å². The van der Waals surface area contributed by atoms with E-state index in [0.29, 0.717) is 58.3 Å². The maximum Gasteiger partial charge on any atom is 0.410 e. The van der Waals surface area contributed by atoms with Crippen molar-refractivity contribution in [2.24, 2.45) is 5.92 Å². The molecular formula is C32H36ClN9O4. The first-order valence-electron chi connectivity index (χ1n) is 14.9. The molecule has 2 aromatic heterocycles. The van der Waals surface area contributed by atoms with Crippen LogP contribution in [0.25, 0.3) is 22.9 Å². The van der Waals surface area contributed by atoms with Crippen molar-refractivity contribution in [3.63, 3.8) is 0 Å². The lowest BCUT2D eigenvalue weighted by Gasteiger charge is -2.35. The van der Waals surface area contributed by atoms with Gasteiger partial charge in [0, 0.05) is 35.4 Å². The zero-order chi connectivity index (χ0) is 32.8. The zero-order valence-corrected chi connectivity index (χ0v) is 26.6. The lowest BCUT2D eigenvalue weighted by Crippen LogP contribution is -2.43. The minimum atomic E-state index is -0.613. The number of hydrogen-bond donors (Lipinski definition) is 3. The quantitative estimate of drug-likeness (QED) is 0.183. The second kappa shape index (κ2) is 13.9. The SMILES string of the molecule is CC(C)(C)OC(=O)N1CCCC(CC(NC(=O)C=Cc2cc(Cl)ccc2-n2cnnn2)c2cc(-c3ccc(N)cc3)c(=O)[nH]n2)C1. The lowest BCUT2D eigenvalue weighted by molar-refractivity contribution is -0.117. The number of nitrogens with two attached hydrogens (primary N) is 1. The van der Waals surface area contributed by atoms with Gasteiger partial charge < -0.3 is 20.7 Å². The number of H-pyrrole nitrogens is 1. The van der Waals surface area contributed by atoms with Gasteiger partial charge in [0.05, 0.1) is 23.0 Å². The monoisotopic (exact) mass is 645 g/mol. The van der Waals surface area contributed by atoms with E-state index in [0.717, 1.165) is 12.8 Å². The van der Waals surface area contributed by atoms with Crippen molar-refractivity contribution in [1.82, 2.24) is 40.6 Å². The van der Waals surface area contributed by atoms with Crippen LogP contribution in [0.1, 0.15) is 57.3 Å². The molecule has 0 saturated carbocycles. The summed E-state index contributed by atoms with van der Waals surface area (Å²) in [6, 6.07) is 13.2. The Hall–Kier alpha value is -5.04. The number of likely N-dealkylation sites (tertiary alicyclic amines) is 1. The molecule has 1 aliphatic rings. The molecule has 3 heterocycles. The molecular weight excluding hydrogens is 610 g/mol. The van der Waals surface area contributed by atoms with Gasteiger partial charge in [-0.05, 0) is 104 Å². The zero-order valence-electron chi connectivity index (χ0n) is 25.8. The van der Waals surface area contributed by atoms with Gasteiger partial charge >= 0.3 is 6.09 Å². The number of rotatable bonds is 8. The molecule has 13 nitrogen and oxygen atoms in total. The molecule has 2 amide bonds. The van der Waals surface area contributed by atoms with Gasteiger partial charge in [-0.3, -0.25) is 9.59 Å². The second-order valence-corrected chi connectivity index (χ2v) is 12.6. The van der Waals surface area contributed by atoms with E-state index in [1.165, 1.54) is 17.1 Å². The maximum atomic E-state index is 13.4. The van der Waals surface area contributed by atoms with E-state index in [1.54, 1.807) is 59.5 Å². The number of hydrogen-bond acceptors (Lipinski definition) is 9. The number of halogens is 1. The maximum absolute atomic E-state index is 13.4. The molecule has 1 aliphatic heterocycles. The van der Waals surface area contributed by atoms with Crippen LogP contribution < -0.4 is 16.6 Å². The molecule has 240 valence electrons. The molecule has 0 spiro atoms. The Balaban J connectivity index is 1.42. The third-order valence-electron chi connectivity index (χ3n) is 7.46. The lowest BCUT2D eigenvalue weighted by atomic mass is 9.89. The van der Waals surface area contributed by atoms with E-state index in [1.807, 2.05) is 20.8 Å². The predicted molar refractivity (Wildman–Crippen MR) is 174 cm³/mol. The van der Waals surface area contributed by atoms with Gasteiger partial charge in [0.25, 0.3) is 5.56 Å². The average Bonchev–Trinajstić information content (AvgIpc) is 3.55. The molecule has 4 aromatic rings. The van der Waals surface area contributed by atoms with Crippen LogP contribution in [0.2, 0.25) is 5.02 Å². The summed E-state index contributed by atoms with van der Waals surface area (Å²) in [6.07, 6.45) is 6.19. The van der Waals surface area contributed by atoms with Crippen LogP contribution in [-0.2, 0) is 9.53 Å². The van der Waals surface area contributed by atoms with Crippen molar-refractivity contribution < 1.29 is 14.3 Å². The molecule has 1 fully saturated rings. The molecule has 0 aliphatic carbocycles. The highest BCUT2D eigenvalue weighted by Gasteiger charge is 2.30. The highest BCUT2D eigenvalue weighted by molar-refractivity contribution is 6.30. The Morgan fingerprint density at radius 1 is 1.20 bits per heavy atom. The molecule has 4 N–H and O–H groups in total. The second-order valence-electron chi connectivity index (χ2n) is 12.2. The predicted octanol–water partition coefficient (Wildman–Crippen LogP) is 4.56. The average molecular weight is 646 g/mol. The van der Waals surface area contributed by atoms with E-state index < -0.39 is 17.6 Å². The van der Waals surface area contributed by atoms with E-state index in [-0.39, 0.29) is 17.6 Å². The Labute approximate surface area is 270 Å². The number of benzene rings is 2. The Morgan fingerprint density at radius 2 is 1.98 bits per heavy atom. The van der Waals surface area contributed by atoms with Crippen LogP contribution in [-0.4, -0.2) is 66.0 Å². The van der Waals surface area contributed by atoms with Gasteiger partial charge in [0.1, 0.15) is 11.9 Å². The Kier molecular flexibility index (Phi) is 9.81. The number of nitrogen functional groups attached to an aromatic ring is 1. The minimum Gasteiger partial charge on any atom is -0.444 e. The third-order valence-corrected chi connectivity index (χ3v) is 7.69. The van der Waals surface area contributed by atoms with Gasteiger partial charge in [-0.25, -0.2) is 9.89 Å². The molecule has 2 unspecified atom stereocenters. The van der Waals surface area contributed by atoms with Crippen molar-refractivity contribution in [3.8, 4) is 16.8 Å². The van der Waals surface area contributed by atoms with Crippen molar-refractivity contribution in [1.29, 1.82) is 0 Å². The first-order valence-corrected chi connectivity index (χ1v) is 15.3. The number of piperidine rings is 1. The van der Waals surface area contributed by atoms with Crippen LogP contribution in [0.15, 0.2) is 65.7 Å². The summed E-state index contributed by atoms with van der Waals surface area (Å²) in [5.41, 5.74) is 8.22. The van der Waals surface area contributed by atoms with Crippen LogP contribution >= 0.6 is 11.6 Å². The number of anilines is 1. The van der Waals surface area contributed by atoms with Gasteiger partial charge in [0.15, 0.2) is 0 Å². The summed E-state index contributed by atoms with van der Waals surface area (Å²) in [4.78, 5) is 40.8. The van der Waals surface area contributed by atoms with E-state index in [2.05, 4.69) is 31.0 Å². The van der Waals surface area contributed by atoms with Crippen LogP contribution in [0.4, 0.5) is 10.5 Å². The smallest absolute Gasteiger partial charge is 0.410 e. The van der Waals surface area contributed by atoms with Crippen molar-refractivity contribution in [2.75, 3.05) is 18.8 Å². The number of aromatic amines is 1. The van der Waals surface area contributed by atoms with Crippen molar-refractivity contribution >= 4 is 35.4 Å². The number of aromatic nitrogens is 6. The topological polar surface area (TPSA) is 174 Å². The Morgan fingerprint density at radius 3 is 2.70 bits per heavy atom. The number of tetrazole rings is 1. The third kappa shape index (κ3) is 8.36. The molecule has 14 heteroatoms. The van der Waals surface area contributed by atoms with Crippen molar-refractivity contribution in [3.05, 3.63) is 87.6 Å². The van der Waals surface area contributed by atoms with Crippen molar-refractivity contribution in [2.45, 2.75) is 51.7 Å². The molecule has 0 bridgehead atoms. The number of ether oxygens (including phenoxy) is 1. The number of carbonyl (C=O) groups is 2. The van der Waals surface area contributed by atoms with Gasteiger partial charge in [-0.1, -0.05) is 23.7 Å². The molecule has 1 saturated heterocycles. The van der Waals surface area contributed by atoms with Gasteiger partial charge in [0.2, 0.25) is 5.91 Å². The molecule has 2 aromatic carbocycles. The number of nitrogens with zero attached hydrogens (tertiary/aromatic N) is 6. The fourth-order valence-electron chi connectivity index (χ4n) is 5.34.